The van der Waals surface area contributed by atoms with Crippen LogP contribution in [0.3, 0.4) is 0 Å². The molecule has 0 aliphatic carbocycles. The van der Waals surface area contributed by atoms with Crippen molar-refractivity contribution in [2.24, 2.45) is 0 Å². The number of fused-ring (bicyclic) bond motifs is 1. The van der Waals surface area contributed by atoms with Gasteiger partial charge in [0.15, 0.2) is 5.58 Å². The number of rotatable bonds is 1. The van der Waals surface area contributed by atoms with Crippen LogP contribution in [0.2, 0.25) is 0 Å². The molecular weight excluding hydrogens is 228 g/mol. The van der Waals surface area contributed by atoms with Gasteiger partial charge in [0.2, 0.25) is 0 Å². The number of benzene rings is 1. The molecule has 1 aromatic heterocycles. The van der Waals surface area contributed by atoms with Gasteiger partial charge in [-0.1, -0.05) is 6.07 Å². The second-order valence-corrected chi connectivity index (χ2v) is 5.15. The number of nitrogens with one attached hydrogen (secondary N) is 1. The van der Waals surface area contributed by atoms with Gasteiger partial charge in [-0.15, -0.1) is 0 Å². The van der Waals surface area contributed by atoms with Crippen LogP contribution >= 0.6 is 0 Å². The summed E-state index contributed by atoms with van der Waals surface area (Å²) in [6.07, 6.45) is 1.98. The summed E-state index contributed by atoms with van der Waals surface area (Å²) in [5.41, 5.74) is 3.90. The van der Waals surface area contributed by atoms with Crippen LogP contribution in [0, 0.1) is 13.8 Å². The maximum Gasteiger partial charge on any atom is 0.420 e. The SMILES string of the molecule is Cc1cc(C)c2oc(=O)n(C3CCNCC3)c2c1. The molecule has 2 heterocycles. The van der Waals surface area contributed by atoms with E-state index in [1.54, 1.807) is 0 Å². The maximum absolute atomic E-state index is 12.1. The van der Waals surface area contributed by atoms with E-state index in [1.165, 1.54) is 5.56 Å². The minimum Gasteiger partial charge on any atom is -0.407 e. The lowest BCUT2D eigenvalue weighted by Crippen LogP contribution is -2.32. The molecule has 1 aromatic carbocycles. The minimum absolute atomic E-state index is 0.217. The van der Waals surface area contributed by atoms with E-state index >= 15 is 0 Å². The minimum atomic E-state index is -0.217. The van der Waals surface area contributed by atoms with Crippen molar-refractivity contribution in [3.05, 3.63) is 33.8 Å². The van der Waals surface area contributed by atoms with Crippen LogP contribution in [0.5, 0.6) is 0 Å². The molecule has 1 aliphatic rings. The first-order valence-electron chi connectivity index (χ1n) is 6.50. The second kappa shape index (κ2) is 4.28. The number of hydrogen-bond donors (Lipinski definition) is 1. The maximum atomic E-state index is 12.1. The first kappa shape index (κ1) is 11.5. The lowest BCUT2D eigenvalue weighted by molar-refractivity contribution is 0.349. The van der Waals surface area contributed by atoms with E-state index in [2.05, 4.69) is 24.4 Å². The Hall–Kier alpha value is -1.55. The van der Waals surface area contributed by atoms with E-state index in [0.29, 0.717) is 0 Å². The van der Waals surface area contributed by atoms with Crippen molar-refractivity contribution in [1.82, 2.24) is 9.88 Å². The predicted octanol–water partition coefficient (Wildman–Crippen LogP) is 2.14. The third-order valence-electron chi connectivity index (χ3n) is 3.72. The van der Waals surface area contributed by atoms with E-state index in [0.717, 1.165) is 42.6 Å². The van der Waals surface area contributed by atoms with Crippen LogP contribution in [0.25, 0.3) is 11.1 Å². The van der Waals surface area contributed by atoms with Crippen LogP contribution in [0.15, 0.2) is 21.3 Å². The molecule has 0 radical (unpaired) electrons. The van der Waals surface area contributed by atoms with Crippen molar-refractivity contribution in [1.29, 1.82) is 0 Å². The van der Waals surface area contributed by atoms with Gasteiger partial charge in [0.05, 0.1) is 5.52 Å². The molecule has 0 bridgehead atoms. The molecule has 1 aliphatic heterocycles. The summed E-state index contributed by atoms with van der Waals surface area (Å²) in [5.74, 6) is -0.217. The lowest BCUT2D eigenvalue weighted by atomic mass is 10.1. The molecular formula is C14H18N2O2. The summed E-state index contributed by atoms with van der Waals surface area (Å²) in [6, 6.07) is 4.37. The van der Waals surface area contributed by atoms with Gasteiger partial charge in [-0.2, -0.15) is 0 Å². The third kappa shape index (κ3) is 1.77. The largest absolute Gasteiger partial charge is 0.420 e. The van der Waals surface area contributed by atoms with Gasteiger partial charge in [-0.05, 0) is 57.0 Å². The topological polar surface area (TPSA) is 47.2 Å². The van der Waals surface area contributed by atoms with E-state index in [4.69, 9.17) is 4.42 Å². The number of hydrogen-bond acceptors (Lipinski definition) is 3. The summed E-state index contributed by atoms with van der Waals surface area (Å²) in [6.45, 7) is 5.98. The Kier molecular flexibility index (Phi) is 2.74. The number of aromatic nitrogens is 1. The van der Waals surface area contributed by atoms with Gasteiger partial charge in [0, 0.05) is 6.04 Å². The van der Waals surface area contributed by atoms with Crippen LogP contribution < -0.4 is 11.1 Å². The fourth-order valence-electron chi connectivity index (χ4n) is 2.89. The van der Waals surface area contributed by atoms with E-state index in [9.17, 15) is 4.79 Å². The van der Waals surface area contributed by atoms with Crippen LogP contribution in [0.4, 0.5) is 0 Å². The Morgan fingerprint density at radius 2 is 2.00 bits per heavy atom. The van der Waals surface area contributed by atoms with Crippen LogP contribution in [0.1, 0.15) is 30.0 Å². The van der Waals surface area contributed by atoms with E-state index in [-0.39, 0.29) is 11.8 Å². The number of oxazole rings is 1. The summed E-state index contributed by atoms with van der Waals surface area (Å²) in [7, 11) is 0. The van der Waals surface area contributed by atoms with Gasteiger partial charge in [0.25, 0.3) is 0 Å². The molecule has 1 saturated heterocycles. The molecule has 3 rings (SSSR count). The highest BCUT2D eigenvalue weighted by molar-refractivity contribution is 5.77. The summed E-state index contributed by atoms with van der Waals surface area (Å²) >= 11 is 0. The monoisotopic (exact) mass is 246 g/mol. The van der Waals surface area contributed by atoms with Crippen molar-refractivity contribution in [2.45, 2.75) is 32.7 Å². The zero-order valence-corrected chi connectivity index (χ0v) is 10.8. The highest BCUT2D eigenvalue weighted by atomic mass is 16.4. The van der Waals surface area contributed by atoms with Gasteiger partial charge in [-0.25, -0.2) is 4.79 Å². The highest BCUT2D eigenvalue weighted by Crippen LogP contribution is 2.25. The molecule has 4 nitrogen and oxygen atoms in total. The Bertz CT molecular complexity index is 633. The standard InChI is InChI=1S/C14H18N2O2/c1-9-7-10(2)13-12(8-9)16(14(17)18-13)11-3-5-15-6-4-11/h7-8,11,15H,3-6H2,1-2H3. The van der Waals surface area contributed by atoms with Gasteiger partial charge < -0.3 is 9.73 Å². The fourth-order valence-corrected chi connectivity index (χ4v) is 2.89. The smallest absolute Gasteiger partial charge is 0.407 e. The van der Waals surface area contributed by atoms with Crippen LogP contribution in [-0.2, 0) is 0 Å². The zero-order chi connectivity index (χ0) is 12.7. The highest BCUT2D eigenvalue weighted by Gasteiger charge is 2.21. The van der Waals surface area contributed by atoms with Crippen molar-refractivity contribution >= 4 is 11.1 Å². The molecule has 0 saturated carbocycles. The van der Waals surface area contributed by atoms with Crippen molar-refractivity contribution in [2.75, 3.05) is 13.1 Å². The average molecular weight is 246 g/mol. The second-order valence-electron chi connectivity index (χ2n) is 5.15. The molecule has 96 valence electrons. The number of aryl methyl sites for hydroxylation is 2. The first-order chi connectivity index (χ1) is 8.66. The number of nitrogens with zero attached hydrogens (tertiary/aromatic N) is 1. The molecule has 0 unspecified atom stereocenters. The third-order valence-corrected chi connectivity index (χ3v) is 3.72. The summed E-state index contributed by atoms with van der Waals surface area (Å²) in [4.78, 5) is 12.1. The predicted molar refractivity (Wildman–Crippen MR) is 71.1 cm³/mol. The van der Waals surface area contributed by atoms with Crippen molar-refractivity contribution in [3.63, 3.8) is 0 Å². The molecule has 0 spiro atoms. The molecule has 4 heteroatoms. The number of piperidine rings is 1. The van der Waals surface area contributed by atoms with Crippen molar-refractivity contribution in [3.8, 4) is 0 Å². The normalized spacial score (nSPS) is 17.4. The van der Waals surface area contributed by atoms with Gasteiger partial charge in [-0.3, -0.25) is 4.57 Å². The Labute approximate surface area is 106 Å². The van der Waals surface area contributed by atoms with Crippen LogP contribution in [-0.4, -0.2) is 17.7 Å². The molecule has 0 atom stereocenters. The molecule has 1 fully saturated rings. The lowest BCUT2D eigenvalue weighted by Gasteiger charge is -2.23. The molecule has 1 N–H and O–H groups in total. The molecule has 18 heavy (non-hydrogen) atoms. The molecule has 0 amide bonds. The van der Waals surface area contributed by atoms with Gasteiger partial charge in [0.1, 0.15) is 0 Å². The van der Waals surface area contributed by atoms with Gasteiger partial charge >= 0.3 is 5.76 Å². The summed E-state index contributed by atoms with van der Waals surface area (Å²) < 4.78 is 7.27. The Balaban J connectivity index is 2.21. The van der Waals surface area contributed by atoms with Crippen molar-refractivity contribution < 1.29 is 4.42 Å². The quantitative estimate of drug-likeness (QED) is 0.838. The zero-order valence-electron chi connectivity index (χ0n) is 10.8. The summed E-state index contributed by atoms with van der Waals surface area (Å²) in [5, 5.41) is 3.32. The first-order valence-corrected chi connectivity index (χ1v) is 6.50. The molecule has 2 aromatic rings. The van der Waals surface area contributed by atoms with E-state index in [1.807, 2.05) is 11.5 Å². The Morgan fingerprint density at radius 1 is 1.28 bits per heavy atom. The average Bonchev–Trinajstić information content (AvgIpc) is 2.67. The fraction of sp³-hybridized carbons (Fsp3) is 0.500. The van der Waals surface area contributed by atoms with E-state index < -0.39 is 0 Å². The Morgan fingerprint density at radius 3 is 2.72 bits per heavy atom.